The highest BCUT2D eigenvalue weighted by Crippen LogP contribution is 2.30. The van der Waals surface area contributed by atoms with Crippen molar-refractivity contribution in [2.45, 2.75) is 18.7 Å². The van der Waals surface area contributed by atoms with Crippen molar-refractivity contribution >= 4 is 29.3 Å². The van der Waals surface area contributed by atoms with Crippen molar-refractivity contribution in [1.29, 1.82) is 0 Å². The van der Waals surface area contributed by atoms with Gasteiger partial charge in [-0.25, -0.2) is 4.21 Å². The summed E-state index contributed by atoms with van der Waals surface area (Å²) in [6, 6.07) is 24.8. The van der Waals surface area contributed by atoms with Crippen molar-refractivity contribution < 1.29 is 9.00 Å². The highest BCUT2D eigenvalue weighted by atomic mass is 35.5. The molecule has 3 aromatic rings. The summed E-state index contributed by atoms with van der Waals surface area (Å²) in [5.74, 6) is -0.245. The molecular weight excluding hydrogens is 380 g/mol. The van der Waals surface area contributed by atoms with Crippen molar-refractivity contribution in [3.8, 4) is 0 Å². The summed E-state index contributed by atoms with van der Waals surface area (Å²) < 4.78 is 14.9. The summed E-state index contributed by atoms with van der Waals surface area (Å²) in [5.41, 5.74) is 2.52. The number of amides is 1. The van der Waals surface area contributed by atoms with E-state index in [0.717, 1.165) is 11.1 Å². The third-order valence-corrected chi connectivity index (χ3v) is 5.77. The highest BCUT2D eigenvalue weighted by Gasteiger charge is 2.28. The molecule has 0 radical (unpaired) electrons. The van der Waals surface area contributed by atoms with E-state index >= 15 is 0 Å². The lowest BCUT2D eigenvalue weighted by atomic mass is 10.0. The van der Waals surface area contributed by atoms with Crippen LogP contribution < -0.4 is 0 Å². The second-order valence-electron chi connectivity index (χ2n) is 5.85. The number of halogens is 1. The number of hydrogen-bond acceptors (Lipinski definition) is 3. The van der Waals surface area contributed by atoms with Crippen molar-refractivity contribution in [3.63, 3.8) is 0 Å². The number of hydrogen-bond donors (Lipinski definition) is 0. The van der Waals surface area contributed by atoms with Gasteiger partial charge in [-0.3, -0.25) is 14.1 Å². The summed E-state index contributed by atoms with van der Waals surface area (Å²) in [5, 5.41) is -0.426. The topological polar surface area (TPSA) is 50.3 Å². The van der Waals surface area contributed by atoms with Crippen LogP contribution in [0.4, 0.5) is 0 Å². The first-order valence-corrected chi connectivity index (χ1v) is 9.52. The number of carbonyl (C=O) groups excluding carboxylic acids is 1. The van der Waals surface area contributed by atoms with Gasteiger partial charge in [0.15, 0.2) is 0 Å². The minimum absolute atomic E-state index is 0. The average Bonchev–Trinajstić information content (AvgIpc) is 2.68. The molecular formula is C21H21ClN2O2S. The van der Waals surface area contributed by atoms with Gasteiger partial charge in [0.25, 0.3) is 0 Å². The van der Waals surface area contributed by atoms with E-state index in [2.05, 4.69) is 4.98 Å². The van der Waals surface area contributed by atoms with Crippen LogP contribution in [-0.4, -0.2) is 19.4 Å². The molecule has 1 unspecified atom stereocenters. The molecule has 27 heavy (non-hydrogen) atoms. The molecule has 3 rings (SSSR count). The molecule has 0 fully saturated rings. The summed E-state index contributed by atoms with van der Waals surface area (Å²) in [4.78, 5) is 16.5. The lowest BCUT2D eigenvalue weighted by Gasteiger charge is -2.26. The smallest absolute Gasteiger partial charge is 0.231 e. The van der Waals surface area contributed by atoms with Gasteiger partial charge >= 0.3 is 0 Å². The summed E-state index contributed by atoms with van der Waals surface area (Å²) >= 11 is 0. The molecule has 1 aromatic heterocycles. The molecule has 1 heterocycles. The molecule has 4 nitrogen and oxygen atoms in total. The summed E-state index contributed by atoms with van der Waals surface area (Å²) in [6.07, 6.45) is 1.67. The second-order valence-corrected chi connectivity index (χ2v) is 7.32. The Morgan fingerprint density at radius 2 is 1.44 bits per heavy atom. The number of nitrogens with zero attached hydrogens (tertiary/aromatic N) is 2. The van der Waals surface area contributed by atoms with E-state index in [1.54, 1.807) is 6.20 Å². The third-order valence-electron chi connectivity index (χ3n) is 4.01. The average molecular weight is 401 g/mol. The van der Waals surface area contributed by atoms with Crippen LogP contribution in [0.2, 0.25) is 0 Å². The Morgan fingerprint density at radius 3 is 1.89 bits per heavy atom. The minimum atomic E-state index is -1.58. The molecule has 1 atom stereocenters. The van der Waals surface area contributed by atoms with Gasteiger partial charge in [-0.2, -0.15) is 0 Å². The molecule has 6 heteroatoms. The monoisotopic (exact) mass is 400 g/mol. The molecule has 0 aliphatic heterocycles. The summed E-state index contributed by atoms with van der Waals surface area (Å²) in [6.45, 7) is 1.65. The minimum Gasteiger partial charge on any atom is -0.274 e. The fourth-order valence-corrected chi connectivity index (χ4v) is 4.30. The van der Waals surface area contributed by atoms with Gasteiger partial charge in [0, 0.05) is 13.1 Å². The fourth-order valence-electron chi connectivity index (χ4n) is 2.75. The Kier molecular flexibility index (Phi) is 7.70. The Morgan fingerprint density at radius 1 is 0.926 bits per heavy atom. The first-order valence-electron chi connectivity index (χ1n) is 8.35. The Hall–Kier alpha value is -2.50. The van der Waals surface area contributed by atoms with Crippen molar-refractivity contribution in [2.24, 2.45) is 0 Å². The molecule has 0 aliphatic carbocycles. The predicted molar refractivity (Wildman–Crippen MR) is 111 cm³/mol. The zero-order valence-corrected chi connectivity index (χ0v) is 16.5. The van der Waals surface area contributed by atoms with Crippen LogP contribution in [0.25, 0.3) is 0 Å². The molecule has 0 bridgehead atoms. The SMILES string of the molecule is CC(=O)N(Cc1ccccn1)S(=O)C(c1ccccc1)c1ccccc1.Cl. The standard InChI is InChI=1S/C21H20N2O2S.ClH/c1-17(24)23(16-20-14-8-9-15-22-20)26(25)21(18-10-4-2-5-11-18)19-12-6-3-7-13-19;/h2-15,21H,16H2,1H3;1H. The van der Waals surface area contributed by atoms with E-state index in [0.29, 0.717) is 5.69 Å². The van der Waals surface area contributed by atoms with E-state index < -0.39 is 16.2 Å². The molecule has 0 N–H and O–H groups in total. The van der Waals surface area contributed by atoms with E-state index in [1.807, 2.05) is 78.9 Å². The van der Waals surface area contributed by atoms with Gasteiger partial charge in [-0.1, -0.05) is 66.7 Å². The first-order chi connectivity index (χ1) is 12.7. The highest BCUT2D eigenvalue weighted by molar-refractivity contribution is 7.83. The maximum absolute atomic E-state index is 13.5. The van der Waals surface area contributed by atoms with Gasteiger partial charge in [-0.15, -0.1) is 12.4 Å². The van der Waals surface area contributed by atoms with Crippen LogP contribution >= 0.6 is 12.4 Å². The van der Waals surface area contributed by atoms with Gasteiger partial charge in [0.05, 0.1) is 12.2 Å². The van der Waals surface area contributed by atoms with Gasteiger partial charge in [0.1, 0.15) is 16.2 Å². The van der Waals surface area contributed by atoms with Crippen molar-refractivity contribution in [1.82, 2.24) is 9.29 Å². The number of rotatable bonds is 6. The van der Waals surface area contributed by atoms with Crippen LogP contribution in [0.3, 0.4) is 0 Å². The maximum atomic E-state index is 13.5. The number of carbonyl (C=O) groups is 1. The zero-order chi connectivity index (χ0) is 18.4. The lowest BCUT2D eigenvalue weighted by molar-refractivity contribution is -0.124. The fraction of sp³-hybridized carbons (Fsp3) is 0.143. The van der Waals surface area contributed by atoms with Crippen molar-refractivity contribution in [2.75, 3.05) is 0 Å². The van der Waals surface area contributed by atoms with Crippen LogP contribution in [-0.2, 0) is 22.3 Å². The first kappa shape index (κ1) is 20.8. The van der Waals surface area contributed by atoms with E-state index in [-0.39, 0.29) is 24.9 Å². The van der Waals surface area contributed by atoms with Crippen LogP contribution in [0, 0.1) is 0 Å². The maximum Gasteiger partial charge on any atom is 0.231 e. The largest absolute Gasteiger partial charge is 0.274 e. The number of benzene rings is 2. The van der Waals surface area contributed by atoms with E-state index in [9.17, 15) is 9.00 Å². The van der Waals surface area contributed by atoms with E-state index in [1.165, 1.54) is 11.2 Å². The molecule has 0 saturated heterocycles. The van der Waals surface area contributed by atoms with E-state index in [4.69, 9.17) is 0 Å². The molecule has 2 aromatic carbocycles. The number of aromatic nitrogens is 1. The molecule has 0 aliphatic rings. The number of pyridine rings is 1. The van der Waals surface area contributed by atoms with Crippen LogP contribution in [0.15, 0.2) is 85.1 Å². The normalized spacial score (nSPS) is 11.5. The quantitative estimate of drug-likeness (QED) is 0.619. The predicted octanol–water partition coefficient (Wildman–Crippen LogP) is 4.31. The van der Waals surface area contributed by atoms with Crippen LogP contribution in [0.1, 0.15) is 29.0 Å². The third kappa shape index (κ3) is 5.25. The molecule has 0 spiro atoms. The summed E-state index contributed by atoms with van der Waals surface area (Å²) in [7, 11) is -1.58. The molecule has 0 saturated carbocycles. The van der Waals surface area contributed by atoms with Gasteiger partial charge in [0.2, 0.25) is 5.91 Å². The lowest BCUT2D eigenvalue weighted by Crippen LogP contribution is -2.34. The van der Waals surface area contributed by atoms with Gasteiger partial charge < -0.3 is 0 Å². The molecule has 1 amide bonds. The van der Waals surface area contributed by atoms with Crippen molar-refractivity contribution in [3.05, 3.63) is 102 Å². The second kappa shape index (κ2) is 10.00. The molecule has 140 valence electrons. The van der Waals surface area contributed by atoms with Gasteiger partial charge in [-0.05, 0) is 23.3 Å². The zero-order valence-electron chi connectivity index (χ0n) is 14.9. The Bertz CT molecular complexity index is 837. The Labute approximate surface area is 168 Å². The Balaban J connectivity index is 0.00000261. The van der Waals surface area contributed by atoms with Crippen LogP contribution in [0.5, 0.6) is 0 Å².